The molecule has 0 aliphatic carbocycles. The zero-order chi connectivity index (χ0) is 24.5. The van der Waals surface area contributed by atoms with E-state index in [0.717, 1.165) is 11.3 Å². The van der Waals surface area contributed by atoms with Crippen molar-refractivity contribution in [2.24, 2.45) is 0 Å². The molecule has 5 rings (SSSR count). The quantitative estimate of drug-likeness (QED) is 0.311. The van der Waals surface area contributed by atoms with Gasteiger partial charge in [0.25, 0.3) is 5.91 Å². The van der Waals surface area contributed by atoms with Gasteiger partial charge in [0.1, 0.15) is 16.9 Å². The predicted octanol–water partition coefficient (Wildman–Crippen LogP) is 5.96. The van der Waals surface area contributed by atoms with Crippen LogP contribution in [0.25, 0.3) is 27.9 Å². The molecule has 1 amide bonds. The number of para-hydroxylation sites is 3. The number of carbonyl (C=O) groups is 2. The van der Waals surface area contributed by atoms with Gasteiger partial charge in [0.05, 0.1) is 23.3 Å². The van der Waals surface area contributed by atoms with Crippen LogP contribution in [0.15, 0.2) is 72.8 Å². The lowest BCUT2D eigenvalue weighted by atomic mass is 10.2. The molecule has 2 heterocycles. The van der Waals surface area contributed by atoms with E-state index in [4.69, 9.17) is 26.3 Å². The van der Waals surface area contributed by atoms with Gasteiger partial charge in [-0.1, -0.05) is 41.9 Å². The number of nitrogens with one attached hydrogen (secondary N) is 1. The lowest BCUT2D eigenvalue weighted by molar-refractivity contribution is 0.0529. The van der Waals surface area contributed by atoms with E-state index in [9.17, 15) is 9.59 Å². The van der Waals surface area contributed by atoms with Crippen molar-refractivity contribution >= 4 is 51.5 Å². The van der Waals surface area contributed by atoms with Gasteiger partial charge in [-0.05, 0) is 61.9 Å². The lowest BCUT2D eigenvalue weighted by Crippen LogP contribution is -2.18. The van der Waals surface area contributed by atoms with Crippen molar-refractivity contribution in [3.05, 3.63) is 94.5 Å². The number of aromatic nitrogens is 3. The molecule has 8 heteroatoms. The van der Waals surface area contributed by atoms with Crippen molar-refractivity contribution in [2.45, 2.75) is 13.8 Å². The number of benzene rings is 3. The molecule has 174 valence electrons. The molecule has 0 aliphatic heterocycles. The maximum atomic E-state index is 13.3. The van der Waals surface area contributed by atoms with Crippen LogP contribution in [-0.2, 0) is 4.74 Å². The van der Waals surface area contributed by atoms with Crippen molar-refractivity contribution in [3.63, 3.8) is 0 Å². The molecule has 3 aromatic carbocycles. The number of ether oxygens (including phenoxy) is 1. The normalized spacial score (nSPS) is 11.1. The summed E-state index contributed by atoms with van der Waals surface area (Å²) in [6.45, 7) is 3.84. The molecule has 5 aromatic rings. The van der Waals surface area contributed by atoms with Gasteiger partial charge in [0, 0.05) is 10.6 Å². The average Bonchev–Trinajstić information content (AvgIpc) is 3.15. The number of hydrogen-bond donors (Lipinski definition) is 1. The molecule has 0 fully saturated rings. The van der Waals surface area contributed by atoms with Gasteiger partial charge in [-0.25, -0.2) is 14.8 Å². The summed E-state index contributed by atoms with van der Waals surface area (Å²) in [4.78, 5) is 36.1. The number of aryl methyl sites for hydroxylation is 1. The Labute approximate surface area is 206 Å². The second-order valence-electron chi connectivity index (χ2n) is 7.91. The Morgan fingerprint density at radius 3 is 2.29 bits per heavy atom. The molecule has 2 aromatic heterocycles. The van der Waals surface area contributed by atoms with Crippen LogP contribution in [-0.4, -0.2) is 33.0 Å². The van der Waals surface area contributed by atoms with Crippen molar-refractivity contribution < 1.29 is 14.3 Å². The Bertz CT molecular complexity index is 1590. The van der Waals surface area contributed by atoms with Crippen LogP contribution in [0.3, 0.4) is 0 Å². The number of anilines is 1. The fourth-order valence-corrected chi connectivity index (χ4v) is 4.12. The zero-order valence-corrected chi connectivity index (χ0v) is 19.8. The van der Waals surface area contributed by atoms with Crippen LogP contribution in [0, 0.1) is 6.92 Å². The highest BCUT2D eigenvalue weighted by Gasteiger charge is 2.29. The number of amides is 1. The summed E-state index contributed by atoms with van der Waals surface area (Å²) < 4.78 is 7.14. The first kappa shape index (κ1) is 22.6. The topological polar surface area (TPSA) is 86.1 Å². The van der Waals surface area contributed by atoms with Crippen LogP contribution in [0.5, 0.6) is 0 Å². The number of esters is 1. The molecule has 0 saturated heterocycles. The molecule has 35 heavy (non-hydrogen) atoms. The molecule has 1 N–H and O–H groups in total. The monoisotopic (exact) mass is 484 g/mol. The standard InChI is InChI=1S/C27H21ClN4O3/c1-3-35-27(34)22-23-25(30-20-10-6-5-9-19(20)29-23)32(21-11-7-4-8-16(21)2)24(22)31-26(33)17-12-14-18(28)15-13-17/h4-15H,3H2,1-2H3,(H,31,33). The van der Waals surface area contributed by atoms with Gasteiger partial charge in [-0.3, -0.25) is 9.36 Å². The molecule has 7 nitrogen and oxygen atoms in total. The molecule has 0 saturated carbocycles. The Balaban J connectivity index is 1.83. The van der Waals surface area contributed by atoms with E-state index in [-0.39, 0.29) is 18.0 Å². The van der Waals surface area contributed by atoms with Gasteiger partial charge in [0.15, 0.2) is 5.65 Å². The van der Waals surface area contributed by atoms with Crippen molar-refractivity contribution in [2.75, 3.05) is 11.9 Å². The Morgan fingerprint density at radius 1 is 0.943 bits per heavy atom. The number of hydrogen-bond acceptors (Lipinski definition) is 5. The van der Waals surface area contributed by atoms with Crippen LogP contribution in [0.1, 0.15) is 33.2 Å². The number of fused-ring (bicyclic) bond motifs is 2. The van der Waals surface area contributed by atoms with Crippen LogP contribution in [0.2, 0.25) is 5.02 Å². The van der Waals surface area contributed by atoms with E-state index < -0.39 is 11.9 Å². The van der Waals surface area contributed by atoms with Crippen LogP contribution < -0.4 is 5.32 Å². The van der Waals surface area contributed by atoms with Gasteiger partial charge in [0.2, 0.25) is 0 Å². The van der Waals surface area contributed by atoms with Crippen molar-refractivity contribution in [1.82, 2.24) is 14.5 Å². The van der Waals surface area contributed by atoms with E-state index in [1.54, 1.807) is 35.8 Å². The Kier molecular flexibility index (Phi) is 5.93. The van der Waals surface area contributed by atoms with E-state index in [1.807, 2.05) is 55.5 Å². The van der Waals surface area contributed by atoms with Crippen LogP contribution >= 0.6 is 11.6 Å². The first-order valence-corrected chi connectivity index (χ1v) is 11.5. The summed E-state index contributed by atoms with van der Waals surface area (Å²) in [5.41, 5.74) is 4.29. The van der Waals surface area contributed by atoms with Gasteiger partial charge >= 0.3 is 5.97 Å². The maximum Gasteiger partial charge on any atom is 0.344 e. The summed E-state index contributed by atoms with van der Waals surface area (Å²) in [6.07, 6.45) is 0. The molecule has 0 unspecified atom stereocenters. The highest BCUT2D eigenvalue weighted by Crippen LogP contribution is 2.35. The minimum atomic E-state index is -0.596. The lowest BCUT2D eigenvalue weighted by Gasteiger charge is -2.15. The summed E-state index contributed by atoms with van der Waals surface area (Å²) in [5.74, 6) is -0.766. The van der Waals surface area contributed by atoms with Crippen molar-refractivity contribution in [3.8, 4) is 5.69 Å². The average molecular weight is 485 g/mol. The third-order valence-corrected chi connectivity index (χ3v) is 5.89. The second kappa shape index (κ2) is 9.19. The van der Waals surface area contributed by atoms with Gasteiger partial charge < -0.3 is 10.1 Å². The number of halogens is 1. The van der Waals surface area contributed by atoms with E-state index in [0.29, 0.717) is 32.8 Å². The van der Waals surface area contributed by atoms with Gasteiger partial charge in [-0.15, -0.1) is 0 Å². The Hall–Kier alpha value is -4.23. The molecule has 0 bridgehead atoms. The highest BCUT2D eigenvalue weighted by atomic mass is 35.5. The molecular weight excluding hydrogens is 464 g/mol. The first-order valence-electron chi connectivity index (χ1n) is 11.1. The minimum absolute atomic E-state index is 0.144. The van der Waals surface area contributed by atoms with Gasteiger partial charge in [-0.2, -0.15) is 0 Å². The van der Waals surface area contributed by atoms with E-state index in [2.05, 4.69) is 5.32 Å². The first-order chi connectivity index (χ1) is 17.0. The highest BCUT2D eigenvalue weighted by molar-refractivity contribution is 6.30. The van der Waals surface area contributed by atoms with Crippen molar-refractivity contribution in [1.29, 1.82) is 0 Å². The summed E-state index contributed by atoms with van der Waals surface area (Å²) >= 11 is 5.99. The van der Waals surface area contributed by atoms with E-state index in [1.165, 1.54) is 0 Å². The fraction of sp³-hybridized carbons (Fsp3) is 0.111. The minimum Gasteiger partial charge on any atom is -0.462 e. The molecule has 0 aliphatic rings. The number of nitrogens with zero attached hydrogens (tertiary/aromatic N) is 3. The zero-order valence-electron chi connectivity index (χ0n) is 19.1. The largest absolute Gasteiger partial charge is 0.462 e. The maximum absolute atomic E-state index is 13.3. The predicted molar refractivity (Wildman–Crippen MR) is 136 cm³/mol. The summed E-state index contributed by atoms with van der Waals surface area (Å²) in [5, 5.41) is 3.44. The number of rotatable bonds is 5. The van der Waals surface area contributed by atoms with Crippen LogP contribution in [0.4, 0.5) is 5.82 Å². The summed E-state index contributed by atoms with van der Waals surface area (Å²) in [7, 11) is 0. The Morgan fingerprint density at radius 2 is 1.60 bits per heavy atom. The summed E-state index contributed by atoms with van der Waals surface area (Å²) in [6, 6.07) is 21.6. The third kappa shape index (κ3) is 4.11. The van der Waals surface area contributed by atoms with E-state index >= 15 is 0 Å². The third-order valence-electron chi connectivity index (χ3n) is 5.64. The molecule has 0 atom stereocenters. The fourth-order valence-electron chi connectivity index (χ4n) is 3.99. The second-order valence-corrected chi connectivity index (χ2v) is 8.35. The molecule has 0 radical (unpaired) electrons. The molecule has 0 spiro atoms. The smallest absolute Gasteiger partial charge is 0.344 e. The number of carbonyl (C=O) groups excluding carboxylic acids is 2. The SMILES string of the molecule is CCOC(=O)c1c(NC(=O)c2ccc(Cl)cc2)n(-c2ccccc2C)c2nc3ccccc3nc12. The molecular formula is C27H21ClN4O3.